The topological polar surface area (TPSA) is 78.4 Å². The average molecular weight is 242 g/mol. The first kappa shape index (κ1) is 14.0. The molecule has 0 unspecified atom stereocenters. The number of aliphatic carboxylic acids is 1. The summed E-state index contributed by atoms with van der Waals surface area (Å²) in [6.45, 7) is 1.46. The number of hydrogen-bond acceptors (Lipinski definition) is 3. The van der Waals surface area contributed by atoms with E-state index in [4.69, 9.17) is 0 Å². The maximum absolute atomic E-state index is 11.7. The van der Waals surface area contributed by atoms with Crippen LogP contribution in [0, 0.1) is 5.41 Å². The SMILES string of the molecule is CNCCCNC(=O)CC1(C(=O)O)CCCC1. The zero-order valence-corrected chi connectivity index (χ0v) is 10.4. The highest BCUT2D eigenvalue weighted by atomic mass is 16.4. The summed E-state index contributed by atoms with van der Waals surface area (Å²) in [5, 5.41) is 15.0. The van der Waals surface area contributed by atoms with Gasteiger partial charge in [0.1, 0.15) is 0 Å². The van der Waals surface area contributed by atoms with Gasteiger partial charge >= 0.3 is 5.97 Å². The number of hydrogen-bond donors (Lipinski definition) is 3. The molecule has 1 amide bonds. The van der Waals surface area contributed by atoms with E-state index in [0.29, 0.717) is 19.4 Å². The third-order valence-electron chi connectivity index (χ3n) is 3.44. The van der Waals surface area contributed by atoms with Gasteiger partial charge in [-0.3, -0.25) is 9.59 Å². The van der Waals surface area contributed by atoms with E-state index < -0.39 is 11.4 Å². The number of amides is 1. The molecule has 17 heavy (non-hydrogen) atoms. The van der Waals surface area contributed by atoms with E-state index in [1.165, 1.54) is 0 Å². The minimum Gasteiger partial charge on any atom is -0.481 e. The molecule has 0 aromatic rings. The van der Waals surface area contributed by atoms with Crippen molar-refractivity contribution in [2.75, 3.05) is 20.1 Å². The molecule has 5 heteroatoms. The Bertz CT molecular complexity index is 273. The Labute approximate surface area is 102 Å². The molecule has 0 aromatic carbocycles. The van der Waals surface area contributed by atoms with E-state index >= 15 is 0 Å². The maximum Gasteiger partial charge on any atom is 0.310 e. The van der Waals surface area contributed by atoms with Crippen LogP contribution < -0.4 is 10.6 Å². The average Bonchev–Trinajstić information content (AvgIpc) is 2.74. The highest BCUT2D eigenvalue weighted by molar-refractivity contribution is 5.85. The number of carbonyl (C=O) groups is 2. The molecule has 1 aliphatic carbocycles. The molecule has 3 N–H and O–H groups in total. The lowest BCUT2D eigenvalue weighted by Crippen LogP contribution is -2.36. The fraction of sp³-hybridized carbons (Fsp3) is 0.833. The largest absolute Gasteiger partial charge is 0.481 e. The first-order valence-corrected chi connectivity index (χ1v) is 6.25. The van der Waals surface area contributed by atoms with Crippen LogP contribution in [-0.4, -0.2) is 37.1 Å². The summed E-state index contributed by atoms with van der Waals surface area (Å²) in [4.78, 5) is 22.9. The van der Waals surface area contributed by atoms with Gasteiger partial charge in [0.2, 0.25) is 5.91 Å². The Morgan fingerprint density at radius 1 is 1.24 bits per heavy atom. The van der Waals surface area contributed by atoms with Crippen molar-refractivity contribution in [3.63, 3.8) is 0 Å². The van der Waals surface area contributed by atoms with Gasteiger partial charge in [-0.05, 0) is 32.9 Å². The van der Waals surface area contributed by atoms with Gasteiger partial charge in [0, 0.05) is 13.0 Å². The lowest BCUT2D eigenvalue weighted by atomic mass is 9.82. The molecule has 1 fully saturated rings. The predicted molar refractivity (Wildman–Crippen MR) is 64.7 cm³/mol. The zero-order valence-electron chi connectivity index (χ0n) is 10.4. The van der Waals surface area contributed by atoms with Crippen LogP contribution in [0.5, 0.6) is 0 Å². The molecular weight excluding hydrogens is 220 g/mol. The molecule has 0 aromatic heterocycles. The van der Waals surface area contributed by atoms with E-state index in [-0.39, 0.29) is 12.3 Å². The molecular formula is C12H22N2O3. The highest BCUT2D eigenvalue weighted by Crippen LogP contribution is 2.41. The van der Waals surface area contributed by atoms with Crippen molar-refractivity contribution in [3.8, 4) is 0 Å². The molecule has 0 atom stereocenters. The smallest absolute Gasteiger partial charge is 0.310 e. The van der Waals surface area contributed by atoms with Crippen LogP contribution in [0.4, 0.5) is 0 Å². The summed E-state index contributed by atoms with van der Waals surface area (Å²) >= 11 is 0. The summed E-state index contributed by atoms with van der Waals surface area (Å²) in [7, 11) is 1.86. The number of rotatable bonds is 7. The number of carbonyl (C=O) groups excluding carboxylic acids is 1. The highest BCUT2D eigenvalue weighted by Gasteiger charge is 2.42. The second-order valence-corrected chi connectivity index (χ2v) is 4.78. The fourth-order valence-corrected chi connectivity index (χ4v) is 2.38. The number of carboxylic acid groups (broad SMARTS) is 1. The third kappa shape index (κ3) is 4.00. The van der Waals surface area contributed by atoms with Gasteiger partial charge in [-0.15, -0.1) is 0 Å². The Morgan fingerprint density at radius 2 is 1.88 bits per heavy atom. The molecule has 5 nitrogen and oxygen atoms in total. The van der Waals surface area contributed by atoms with Crippen LogP contribution in [0.15, 0.2) is 0 Å². The van der Waals surface area contributed by atoms with Gasteiger partial charge in [0.05, 0.1) is 5.41 Å². The summed E-state index contributed by atoms with van der Waals surface area (Å²) in [6, 6.07) is 0. The van der Waals surface area contributed by atoms with E-state index in [0.717, 1.165) is 25.8 Å². The second-order valence-electron chi connectivity index (χ2n) is 4.78. The monoisotopic (exact) mass is 242 g/mol. The van der Waals surface area contributed by atoms with Gasteiger partial charge < -0.3 is 15.7 Å². The van der Waals surface area contributed by atoms with E-state index in [1.807, 2.05) is 7.05 Å². The van der Waals surface area contributed by atoms with E-state index in [1.54, 1.807) is 0 Å². The minimum absolute atomic E-state index is 0.127. The van der Waals surface area contributed by atoms with Crippen molar-refractivity contribution in [1.82, 2.24) is 10.6 Å². The fourth-order valence-electron chi connectivity index (χ4n) is 2.38. The van der Waals surface area contributed by atoms with E-state index in [2.05, 4.69) is 10.6 Å². The van der Waals surface area contributed by atoms with Crippen LogP contribution in [0.25, 0.3) is 0 Å². The standard InChI is InChI=1S/C12H22N2O3/c1-13-7-4-8-14-10(15)9-12(11(16)17)5-2-3-6-12/h13H,2-9H2,1H3,(H,14,15)(H,16,17). The molecule has 0 bridgehead atoms. The van der Waals surface area contributed by atoms with Crippen molar-refractivity contribution < 1.29 is 14.7 Å². The molecule has 1 saturated carbocycles. The van der Waals surface area contributed by atoms with Crippen molar-refractivity contribution in [1.29, 1.82) is 0 Å². The Balaban J connectivity index is 2.35. The maximum atomic E-state index is 11.7. The van der Waals surface area contributed by atoms with Gasteiger partial charge in [-0.25, -0.2) is 0 Å². The Kier molecular flexibility index (Phi) is 5.41. The second kappa shape index (κ2) is 6.59. The molecule has 1 rings (SSSR count). The Morgan fingerprint density at radius 3 is 2.41 bits per heavy atom. The van der Waals surface area contributed by atoms with Gasteiger partial charge in [-0.1, -0.05) is 12.8 Å². The molecule has 0 spiro atoms. The van der Waals surface area contributed by atoms with E-state index in [9.17, 15) is 14.7 Å². The van der Waals surface area contributed by atoms with Crippen LogP contribution in [0.1, 0.15) is 38.5 Å². The quantitative estimate of drug-likeness (QED) is 0.576. The normalized spacial score (nSPS) is 17.9. The number of nitrogens with one attached hydrogen (secondary N) is 2. The van der Waals surface area contributed by atoms with Crippen LogP contribution >= 0.6 is 0 Å². The Hall–Kier alpha value is -1.10. The van der Waals surface area contributed by atoms with Crippen molar-refractivity contribution in [3.05, 3.63) is 0 Å². The van der Waals surface area contributed by atoms with Crippen LogP contribution in [0.3, 0.4) is 0 Å². The summed E-state index contributed by atoms with van der Waals surface area (Å²) in [6.07, 6.45) is 4.08. The molecule has 98 valence electrons. The molecule has 1 aliphatic rings. The zero-order chi connectivity index (χ0) is 12.7. The van der Waals surface area contributed by atoms with Crippen molar-refractivity contribution in [2.45, 2.75) is 38.5 Å². The van der Waals surface area contributed by atoms with Gasteiger partial charge in [-0.2, -0.15) is 0 Å². The van der Waals surface area contributed by atoms with Crippen molar-refractivity contribution >= 4 is 11.9 Å². The van der Waals surface area contributed by atoms with Gasteiger partial charge in [0.25, 0.3) is 0 Å². The number of carboxylic acids is 1. The predicted octanol–water partition coefficient (Wildman–Crippen LogP) is 0.747. The summed E-state index contributed by atoms with van der Waals surface area (Å²) in [5.74, 6) is -0.953. The lowest BCUT2D eigenvalue weighted by molar-refractivity contribution is -0.151. The summed E-state index contributed by atoms with van der Waals surface area (Å²) < 4.78 is 0. The lowest BCUT2D eigenvalue weighted by Gasteiger charge is -2.22. The van der Waals surface area contributed by atoms with Crippen LogP contribution in [0.2, 0.25) is 0 Å². The molecule has 0 saturated heterocycles. The summed E-state index contributed by atoms with van der Waals surface area (Å²) in [5.41, 5.74) is -0.799. The molecule has 0 aliphatic heterocycles. The van der Waals surface area contributed by atoms with Crippen LogP contribution in [-0.2, 0) is 9.59 Å². The van der Waals surface area contributed by atoms with Crippen molar-refractivity contribution in [2.24, 2.45) is 5.41 Å². The first-order chi connectivity index (χ1) is 8.10. The van der Waals surface area contributed by atoms with Gasteiger partial charge in [0.15, 0.2) is 0 Å². The first-order valence-electron chi connectivity index (χ1n) is 6.25. The minimum atomic E-state index is -0.819. The molecule has 0 radical (unpaired) electrons. The molecule has 0 heterocycles. The third-order valence-corrected chi connectivity index (χ3v) is 3.44.